The molecule has 1 aromatic heterocycles. The first kappa shape index (κ1) is 30.6. The van der Waals surface area contributed by atoms with Crippen molar-refractivity contribution in [3.8, 4) is 5.69 Å². The van der Waals surface area contributed by atoms with E-state index in [0.29, 0.717) is 37.8 Å². The number of carbonyl (C=O) groups is 2. The van der Waals surface area contributed by atoms with E-state index in [1.165, 1.54) is 9.87 Å². The second kappa shape index (κ2) is 13.9. The number of sulfonamides is 1. The smallest absolute Gasteiger partial charge is 0.414 e. The van der Waals surface area contributed by atoms with Crippen molar-refractivity contribution in [2.24, 2.45) is 0 Å². The van der Waals surface area contributed by atoms with E-state index in [-0.39, 0.29) is 0 Å². The average molecular weight is 567 g/mol. The predicted molar refractivity (Wildman–Crippen MR) is 145 cm³/mol. The van der Waals surface area contributed by atoms with Crippen LogP contribution in [0.25, 0.3) is 5.69 Å². The summed E-state index contributed by atoms with van der Waals surface area (Å²) in [6, 6.07) is 7.80. The first-order chi connectivity index (χ1) is 18.6. The molecule has 0 unspecified atom stereocenters. The van der Waals surface area contributed by atoms with Gasteiger partial charge in [-0.15, -0.1) is 0 Å². The van der Waals surface area contributed by atoms with Crippen LogP contribution in [0.4, 0.5) is 5.69 Å². The van der Waals surface area contributed by atoms with Crippen molar-refractivity contribution in [3.63, 3.8) is 0 Å². The molecule has 2 saturated heterocycles. The van der Waals surface area contributed by atoms with Crippen LogP contribution in [0.1, 0.15) is 29.8 Å². The maximum Gasteiger partial charge on any atom is 0.414 e. The number of morpholine rings is 1. The zero-order valence-corrected chi connectivity index (χ0v) is 23.5. The van der Waals surface area contributed by atoms with Crippen LogP contribution in [0.5, 0.6) is 0 Å². The van der Waals surface area contributed by atoms with E-state index < -0.39 is 22.0 Å². The lowest BCUT2D eigenvalue weighted by Crippen LogP contribution is -2.40. The number of hydrogen-bond acceptors (Lipinski definition) is 8. The third kappa shape index (κ3) is 7.57. The maximum absolute atomic E-state index is 13.4. The van der Waals surface area contributed by atoms with Crippen molar-refractivity contribution in [3.05, 3.63) is 41.2 Å². The van der Waals surface area contributed by atoms with E-state index in [0.717, 1.165) is 61.8 Å². The minimum Gasteiger partial charge on any atom is -0.473 e. The van der Waals surface area contributed by atoms with Gasteiger partial charge in [-0.25, -0.2) is 18.0 Å². The van der Waals surface area contributed by atoms with Gasteiger partial charge in [0.2, 0.25) is 10.0 Å². The zero-order chi connectivity index (χ0) is 28.6. The number of benzene rings is 1. The Bertz CT molecular complexity index is 1240. The van der Waals surface area contributed by atoms with Gasteiger partial charge >= 0.3 is 11.9 Å². The third-order valence-corrected chi connectivity index (χ3v) is 8.65. The molecule has 12 nitrogen and oxygen atoms in total. The highest BCUT2D eigenvalue weighted by Crippen LogP contribution is 2.34. The molecule has 216 valence electrons. The highest BCUT2D eigenvalue weighted by molar-refractivity contribution is 7.89. The molecule has 2 aliphatic heterocycles. The number of nitrogens with zero attached hydrogens (tertiary/aromatic N) is 3. The molecule has 4 rings (SSSR count). The van der Waals surface area contributed by atoms with Crippen molar-refractivity contribution in [1.82, 2.24) is 14.2 Å². The van der Waals surface area contributed by atoms with Gasteiger partial charge < -0.3 is 34.5 Å². The fraction of sp³-hybridized carbons (Fsp3) is 0.538. The van der Waals surface area contributed by atoms with Crippen LogP contribution in [0, 0.1) is 13.8 Å². The van der Waals surface area contributed by atoms with Gasteiger partial charge in [0.1, 0.15) is 0 Å². The van der Waals surface area contributed by atoms with E-state index in [2.05, 4.69) is 34.7 Å². The number of carboxylic acid groups (broad SMARTS) is 2. The number of ether oxygens (including phenoxy) is 2. The Morgan fingerprint density at radius 2 is 1.64 bits per heavy atom. The summed E-state index contributed by atoms with van der Waals surface area (Å²) in [5, 5.41) is 18.2. The van der Waals surface area contributed by atoms with Crippen LogP contribution < -0.4 is 10.2 Å². The van der Waals surface area contributed by atoms with Crippen molar-refractivity contribution < 1.29 is 37.7 Å². The summed E-state index contributed by atoms with van der Waals surface area (Å²) in [4.78, 5) is 20.9. The molecule has 0 bridgehead atoms. The molecule has 39 heavy (non-hydrogen) atoms. The molecule has 13 heteroatoms. The second-order valence-corrected chi connectivity index (χ2v) is 11.3. The first-order valence-corrected chi connectivity index (χ1v) is 14.3. The van der Waals surface area contributed by atoms with Gasteiger partial charge in [0.05, 0.1) is 36.1 Å². The number of aryl methyl sites for hydroxylation is 1. The van der Waals surface area contributed by atoms with Crippen LogP contribution in [0.2, 0.25) is 0 Å². The lowest BCUT2D eigenvalue weighted by Gasteiger charge is -2.28. The van der Waals surface area contributed by atoms with Gasteiger partial charge in [-0.2, -0.15) is 4.31 Å². The maximum atomic E-state index is 13.4. The fourth-order valence-corrected chi connectivity index (χ4v) is 6.21. The largest absolute Gasteiger partial charge is 0.473 e. The summed E-state index contributed by atoms with van der Waals surface area (Å²) in [6.07, 6.45) is 2.32. The summed E-state index contributed by atoms with van der Waals surface area (Å²) >= 11 is 0. The van der Waals surface area contributed by atoms with E-state index >= 15 is 0 Å². The Balaban J connectivity index is 0.000000631. The lowest BCUT2D eigenvalue weighted by molar-refractivity contribution is -0.159. The standard InChI is InChI=1S/C24H36N4O4S.C2H2O4/c1-19-16-21(18-25-8-13-31-3)20(2)28(19)24-17-22(6-7-23(24)26-9-4-5-10-26)33(29,30)27-11-14-32-15-12-27;3-1(4)2(5)6/h6-7,16-17,25H,4-5,8-15,18H2,1-3H3;(H,3,4)(H,5,6). The number of hydrogen-bond donors (Lipinski definition) is 3. The number of nitrogens with one attached hydrogen (secondary N) is 1. The minimum absolute atomic E-state index is 0.342. The van der Waals surface area contributed by atoms with Crippen molar-refractivity contribution in [2.75, 3.05) is 64.6 Å². The molecular weight excluding hydrogens is 528 g/mol. The number of methoxy groups -OCH3 is 1. The van der Waals surface area contributed by atoms with Gasteiger partial charge in [-0.05, 0) is 56.5 Å². The van der Waals surface area contributed by atoms with Crippen LogP contribution in [-0.2, 0) is 35.6 Å². The molecule has 0 spiro atoms. The molecule has 2 fully saturated rings. The topological polar surface area (TPSA) is 151 Å². The number of rotatable bonds is 9. The fourth-order valence-electron chi connectivity index (χ4n) is 4.78. The van der Waals surface area contributed by atoms with E-state index in [9.17, 15) is 8.42 Å². The molecule has 3 heterocycles. The molecular formula is C26H38N4O8S. The third-order valence-electron chi connectivity index (χ3n) is 6.76. The normalized spacial score (nSPS) is 16.1. The summed E-state index contributed by atoms with van der Waals surface area (Å²) in [5.74, 6) is -3.65. The summed E-state index contributed by atoms with van der Waals surface area (Å²) in [5.41, 5.74) is 5.45. The predicted octanol–water partition coefficient (Wildman–Crippen LogP) is 1.61. The number of aliphatic carboxylic acids is 2. The Hall–Kier alpha value is -2.97. The second-order valence-electron chi connectivity index (χ2n) is 9.37. The monoisotopic (exact) mass is 566 g/mol. The molecule has 1 aromatic carbocycles. The molecule has 0 amide bonds. The molecule has 2 aliphatic rings. The summed E-state index contributed by atoms with van der Waals surface area (Å²) in [7, 11) is -1.88. The van der Waals surface area contributed by atoms with Crippen molar-refractivity contribution in [1.29, 1.82) is 0 Å². The molecule has 0 radical (unpaired) electrons. The van der Waals surface area contributed by atoms with Crippen molar-refractivity contribution in [2.45, 2.75) is 38.1 Å². The van der Waals surface area contributed by atoms with Crippen LogP contribution in [0.15, 0.2) is 29.2 Å². The molecule has 2 aromatic rings. The summed E-state index contributed by atoms with van der Waals surface area (Å²) in [6.45, 7) is 10.0. The zero-order valence-electron chi connectivity index (χ0n) is 22.7. The quantitative estimate of drug-likeness (QED) is 0.302. The molecule has 0 aliphatic carbocycles. The Labute approximate surface area is 229 Å². The van der Waals surface area contributed by atoms with Crippen molar-refractivity contribution >= 4 is 27.6 Å². The van der Waals surface area contributed by atoms with Crippen LogP contribution in [0.3, 0.4) is 0 Å². The Morgan fingerprint density at radius 1 is 1.00 bits per heavy atom. The molecule has 0 saturated carbocycles. The lowest BCUT2D eigenvalue weighted by atomic mass is 10.2. The highest BCUT2D eigenvalue weighted by atomic mass is 32.2. The summed E-state index contributed by atoms with van der Waals surface area (Å²) < 4.78 is 41.1. The van der Waals surface area contributed by atoms with Gasteiger partial charge in [0.25, 0.3) is 0 Å². The average Bonchev–Trinajstić information content (AvgIpc) is 3.55. The van der Waals surface area contributed by atoms with E-state index in [1.807, 2.05) is 12.1 Å². The number of anilines is 1. The van der Waals surface area contributed by atoms with E-state index in [1.54, 1.807) is 13.2 Å². The highest BCUT2D eigenvalue weighted by Gasteiger charge is 2.28. The first-order valence-electron chi connectivity index (χ1n) is 12.9. The SMILES string of the molecule is COCCNCc1cc(C)n(-c2cc(S(=O)(=O)N3CCOCC3)ccc2N2CCCC2)c1C.O=C(O)C(=O)O. The van der Waals surface area contributed by atoms with Gasteiger partial charge in [-0.1, -0.05) is 0 Å². The van der Waals surface area contributed by atoms with Crippen LogP contribution >= 0.6 is 0 Å². The van der Waals surface area contributed by atoms with Gasteiger partial charge in [0, 0.05) is 57.8 Å². The minimum atomic E-state index is -3.58. The molecule has 0 atom stereocenters. The number of carboxylic acids is 2. The Kier molecular flexibility index (Phi) is 10.9. The van der Waals surface area contributed by atoms with E-state index in [4.69, 9.17) is 29.3 Å². The molecule has 3 N–H and O–H groups in total. The Morgan fingerprint density at radius 3 is 2.23 bits per heavy atom. The van der Waals surface area contributed by atoms with Crippen LogP contribution in [-0.4, -0.2) is 99.1 Å². The van der Waals surface area contributed by atoms with Gasteiger partial charge in [0.15, 0.2) is 0 Å². The van der Waals surface area contributed by atoms with Gasteiger partial charge in [-0.3, -0.25) is 0 Å². The number of aromatic nitrogens is 1.